The van der Waals surface area contributed by atoms with E-state index in [1.54, 1.807) is 6.08 Å². The Balaban J connectivity index is 2.38. The Hall–Kier alpha value is -0.500. The molecular formula is C4H6O2. The quantitative estimate of drug-likeness (QED) is 0.445. The molecule has 0 aromatic heterocycles. The van der Waals surface area contributed by atoms with Gasteiger partial charge in [-0.3, -0.25) is 0 Å². The Morgan fingerprint density at radius 2 is 2.67 bits per heavy atom. The third-order valence-corrected chi connectivity index (χ3v) is 0.664. The van der Waals surface area contributed by atoms with Gasteiger partial charge in [-0.25, -0.2) is 0 Å². The van der Waals surface area contributed by atoms with Crippen molar-refractivity contribution in [3.05, 3.63) is 12.3 Å². The van der Waals surface area contributed by atoms with Crippen LogP contribution >= 0.6 is 0 Å². The normalized spacial score (nSPS) is 30.5. The molecule has 6 heavy (non-hydrogen) atoms. The second kappa shape index (κ2) is 1.30. The SMILES string of the molecule is O[C@H]1C=COC1. The first-order chi connectivity index (χ1) is 2.89. The number of hydrogen-bond donors (Lipinski definition) is 1. The molecule has 0 amide bonds. The molecule has 0 fully saturated rings. The van der Waals surface area contributed by atoms with Crippen LogP contribution in [0.3, 0.4) is 0 Å². The van der Waals surface area contributed by atoms with Gasteiger partial charge in [0.05, 0.1) is 6.26 Å². The molecule has 0 saturated carbocycles. The molecule has 0 aromatic rings. The predicted octanol–water partition coefficient (Wildman–Crippen LogP) is -0.109. The molecule has 0 spiro atoms. The van der Waals surface area contributed by atoms with E-state index in [0.717, 1.165) is 0 Å². The molecule has 0 unspecified atom stereocenters. The van der Waals surface area contributed by atoms with Crippen LogP contribution in [0.25, 0.3) is 0 Å². The molecule has 1 atom stereocenters. The fraction of sp³-hybridized carbons (Fsp3) is 0.500. The zero-order valence-electron chi connectivity index (χ0n) is 3.29. The van der Waals surface area contributed by atoms with Gasteiger partial charge in [0, 0.05) is 0 Å². The number of ether oxygens (including phenoxy) is 1. The summed E-state index contributed by atoms with van der Waals surface area (Å²) in [7, 11) is 0. The standard InChI is InChI=1S/C4H6O2/c5-4-1-2-6-3-4/h1-2,4-5H,3H2/t4-/m0/s1. The van der Waals surface area contributed by atoms with Crippen LogP contribution < -0.4 is 0 Å². The highest BCUT2D eigenvalue weighted by Crippen LogP contribution is 1.95. The van der Waals surface area contributed by atoms with E-state index in [2.05, 4.69) is 4.74 Å². The maximum atomic E-state index is 8.52. The van der Waals surface area contributed by atoms with Gasteiger partial charge >= 0.3 is 0 Å². The Morgan fingerprint density at radius 1 is 1.83 bits per heavy atom. The molecule has 0 saturated heterocycles. The first kappa shape index (κ1) is 3.68. The van der Waals surface area contributed by atoms with Crippen molar-refractivity contribution in [3.8, 4) is 0 Å². The zero-order valence-corrected chi connectivity index (χ0v) is 3.29. The van der Waals surface area contributed by atoms with E-state index in [1.165, 1.54) is 6.26 Å². The van der Waals surface area contributed by atoms with Crippen molar-refractivity contribution in [2.24, 2.45) is 0 Å². The maximum Gasteiger partial charge on any atom is 0.117 e. The van der Waals surface area contributed by atoms with Crippen molar-refractivity contribution in [2.75, 3.05) is 6.61 Å². The van der Waals surface area contributed by atoms with Crippen molar-refractivity contribution in [3.63, 3.8) is 0 Å². The molecule has 1 heterocycles. The summed E-state index contributed by atoms with van der Waals surface area (Å²) in [6, 6.07) is 0. The molecular weight excluding hydrogens is 80.0 g/mol. The van der Waals surface area contributed by atoms with Crippen LogP contribution in [0, 0.1) is 0 Å². The summed E-state index contributed by atoms with van der Waals surface area (Å²) in [6.45, 7) is 0.431. The molecule has 1 N–H and O–H groups in total. The molecule has 0 aromatic carbocycles. The lowest BCUT2D eigenvalue weighted by Crippen LogP contribution is -2.02. The van der Waals surface area contributed by atoms with Gasteiger partial charge in [0.1, 0.15) is 12.7 Å². The first-order valence-corrected chi connectivity index (χ1v) is 1.86. The second-order valence-electron chi connectivity index (χ2n) is 1.23. The summed E-state index contributed by atoms with van der Waals surface area (Å²) in [6.07, 6.45) is 2.76. The topological polar surface area (TPSA) is 29.5 Å². The van der Waals surface area contributed by atoms with Crippen LogP contribution in [0.1, 0.15) is 0 Å². The van der Waals surface area contributed by atoms with Crippen LogP contribution in [0.5, 0.6) is 0 Å². The number of hydrogen-bond acceptors (Lipinski definition) is 2. The van der Waals surface area contributed by atoms with E-state index in [-0.39, 0.29) is 6.10 Å². The molecule has 1 rings (SSSR count). The fourth-order valence-corrected chi connectivity index (χ4v) is 0.356. The molecule has 1 aliphatic heterocycles. The molecule has 0 bridgehead atoms. The van der Waals surface area contributed by atoms with Crippen LogP contribution in [-0.4, -0.2) is 17.8 Å². The highest BCUT2D eigenvalue weighted by atomic mass is 16.5. The third kappa shape index (κ3) is 0.518. The van der Waals surface area contributed by atoms with Gasteiger partial charge in [-0.1, -0.05) is 0 Å². The highest BCUT2D eigenvalue weighted by Gasteiger charge is 2.01. The smallest absolute Gasteiger partial charge is 0.117 e. The maximum absolute atomic E-state index is 8.52. The van der Waals surface area contributed by atoms with Crippen molar-refractivity contribution >= 4 is 0 Å². The minimum absolute atomic E-state index is 0.356. The van der Waals surface area contributed by atoms with Gasteiger partial charge in [0.15, 0.2) is 0 Å². The summed E-state index contributed by atoms with van der Waals surface area (Å²) in [5.41, 5.74) is 0. The third-order valence-electron chi connectivity index (χ3n) is 0.664. The van der Waals surface area contributed by atoms with Crippen LogP contribution in [0.15, 0.2) is 12.3 Å². The van der Waals surface area contributed by atoms with Crippen LogP contribution in [-0.2, 0) is 4.74 Å². The Labute approximate surface area is 36.0 Å². The second-order valence-corrected chi connectivity index (χ2v) is 1.23. The average molecular weight is 86.1 g/mol. The minimum Gasteiger partial charge on any atom is -0.498 e. The van der Waals surface area contributed by atoms with Crippen molar-refractivity contribution in [1.82, 2.24) is 0 Å². The summed E-state index contributed by atoms with van der Waals surface area (Å²) >= 11 is 0. The monoisotopic (exact) mass is 86.0 g/mol. The van der Waals surface area contributed by atoms with E-state index >= 15 is 0 Å². The van der Waals surface area contributed by atoms with Gasteiger partial charge < -0.3 is 9.84 Å². The molecule has 0 aliphatic carbocycles. The largest absolute Gasteiger partial charge is 0.498 e. The Morgan fingerprint density at radius 3 is 2.83 bits per heavy atom. The Kier molecular flexibility index (Phi) is 0.801. The average Bonchev–Trinajstić information content (AvgIpc) is 1.86. The Bertz CT molecular complexity index is 67.9. The molecule has 2 heteroatoms. The van der Waals surface area contributed by atoms with Gasteiger partial charge in [0.2, 0.25) is 0 Å². The van der Waals surface area contributed by atoms with Gasteiger partial charge in [0.25, 0.3) is 0 Å². The molecule has 0 radical (unpaired) electrons. The van der Waals surface area contributed by atoms with Gasteiger partial charge in [-0.05, 0) is 6.08 Å². The van der Waals surface area contributed by atoms with Crippen molar-refractivity contribution < 1.29 is 9.84 Å². The van der Waals surface area contributed by atoms with Crippen LogP contribution in [0.4, 0.5) is 0 Å². The lowest BCUT2D eigenvalue weighted by molar-refractivity contribution is 0.147. The van der Waals surface area contributed by atoms with E-state index in [9.17, 15) is 0 Å². The summed E-state index contributed by atoms with van der Waals surface area (Å²) in [5.74, 6) is 0. The van der Waals surface area contributed by atoms with E-state index < -0.39 is 0 Å². The molecule has 34 valence electrons. The molecule has 1 aliphatic rings. The predicted molar refractivity (Wildman–Crippen MR) is 21.1 cm³/mol. The number of aliphatic hydroxyl groups excluding tert-OH is 1. The van der Waals surface area contributed by atoms with Crippen molar-refractivity contribution in [2.45, 2.75) is 6.10 Å². The van der Waals surface area contributed by atoms with Gasteiger partial charge in [-0.15, -0.1) is 0 Å². The summed E-state index contributed by atoms with van der Waals surface area (Å²) in [5, 5.41) is 8.52. The summed E-state index contributed by atoms with van der Waals surface area (Å²) < 4.78 is 4.63. The lowest BCUT2D eigenvalue weighted by atomic mass is 10.4. The molecule has 2 nitrogen and oxygen atoms in total. The fourth-order valence-electron chi connectivity index (χ4n) is 0.356. The van der Waals surface area contributed by atoms with E-state index in [4.69, 9.17) is 5.11 Å². The van der Waals surface area contributed by atoms with Crippen molar-refractivity contribution in [1.29, 1.82) is 0 Å². The zero-order chi connectivity index (χ0) is 4.41. The number of aliphatic hydroxyl groups is 1. The summed E-state index contributed by atoms with van der Waals surface area (Å²) in [4.78, 5) is 0. The van der Waals surface area contributed by atoms with E-state index in [0.29, 0.717) is 6.61 Å². The van der Waals surface area contributed by atoms with E-state index in [1.807, 2.05) is 0 Å². The van der Waals surface area contributed by atoms with Gasteiger partial charge in [-0.2, -0.15) is 0 Å². The lowest BCUT2D eigenvalue weighted by Gasteiger charge is -1.90. The minimum atomic E-state index is -0.356. The highest BCUT2D eigenvalue weighted by molar-refractivity contribution is 4.88. The first-order valence-electron chi connectivity index (χ1n) is 1.86. The van der Waals surface area contributed by atoms with Crippen LogP contribution in [0.2, 0.25) is 0 Å². The number of rotatable bonds is 0.